The molecule has 2 fully saturated rings. The highest BCUT2D eigenvalue weighted by Crippen LogP contribution is 2.34. The minimum atomic E-state index is -0.131. The molecule has 1 aromatic heterocycles. The van der Waals surface area contributed by atoms with Gasteiger partial charge in [0.05, 0.1) is 11.3 Å². The first-order chi connectivity index (χ1) is 12.7. The molecule has 2 saturated heterocycles. The van der Waals surface area contributed by atoms with Crippen molar-refractivity contribution in [3.05, 3.63) is 54.2 Å². The van der Waals surface area contributed by atoms with Crippen molar-refractivity contribution in [2.24, 2.45) is 0 Å². The Morgan fingerprint density at radius 3 is 2.65 bits per heavy atom. The first-order valence-electron chi connectivity index (χ1n) is 9.29. The first kappa shape index (κ1) is 17.2. The van der Waals surface area contributed by atoms with Crippen LogP contribution in [0.2, 0.25) is 0 Å². The van der Waals surface area contributed by atoms with Gasteiger partial charge in [-0.3, -0.25) is 4.79 Å². The van der Waals surface area contributed by atoms with E-state index in [4.69, 9.17) is 9.47 Å². The van der Waals surface area contributed by atoms with Crippen LogP contribution in [0.15, 0.2) is 48.5 Å². The summed E-state index contributed by atoms with van der Waals surface area (Å²) in [6.45, 7) is 2.16. The van der Waals surface area contributed by atoms with Gasteiger partial charge in [0, 0.05) is 31.4 Å². The number of nitrogens with zero attached hydrogens (tertiary/aromatic N) is 1. The molecular formula is C21H24N2O3. The third kappa shape index (κ3) is 3.79. The highest BCUT2D eigenvalue weighted by molar-refractivity contribution is 5.93. The molecule has 2 aliphatic heterocycles. The SMILES string of the molecule is O=C(N[C@H]1CCOC2(CCOCC2)C1)c1cccc(-c2ccccc2)n1. The maximum Gasteiger partial charge on any atom is 0.270 e. The molecule has 0 bridgehead atoms. The monoisotopic (exact) mass is 352 g/mol. The molecule has 0 saturated carbocycles. The van der Waals surface area contributed by atoms with Crippen LogP contribution < -0.4 is 5.32 Å². The number of carbonyl (C=O) groups is 1. The summed E-state index contributed by atoms with van der Waals surface area (Å²) in [6.07, 6.45) is 3.50. The zero-order chi connectivity index (χ0) is 17.8. The molecule has 26 heavy (non-hydrogen) atoms. The summed E-state index contributed by atoms with van der Waals surface area (Å²) in [5.74, 6) is -0.114. The quantitative estimate of drug-likeness (QED) is 0.921. The lowest BCUT2D eigenvalue weighted by atomic mass is 9.84. The predicted octanol–water partition coefficient (Wildman–Crippen LogP) is 3.21. The number of nitrogens with one attached hydrogen (secondary N) is 1. The Bertz CT molecular complexity index is 751. The van der Waals surface area contributed by atoms with Gasteiger partial charge in [0.25, 0.3) is 5.91 Å². The van der Waals surface area contributed by atoms with E-state index in [-0.39, 0.29) is 17.6 Å². The highest BCUT2D eigenvalue weighted by Gasteiger charge is 2.39. The molecule has 0 unspecified atom stereocenters. The van der Waals surface area contributed by atoms with E-state index in [1.807, 2.05) is 42.5 Å². The normalized spacial score (nSPS) is 22.1. The fourth-order valence-corrected chi connectivity index (χ4v) is 3.83. The van der Waals surface area contributed by atoms with Crippen LogP contribution in [0.4, 0.5) is 0 Å². The second-order valence-electron chi connectivity index (χ2n) is 7.08. The summed E-state index contributed by atoms with van der Waals surface area (Å²) >= 11 is 0. The minimum absolute atomic E-state index is 0.114. The Morgan fingerprint density at radius 2 is 1.85 bits per heavy atom. The van der Waals surface area contributed by atoms with Crippen molar-refractivity contribution in [3.63, 3.8) is 0 Å². The Morgan fingerprint density at radius 1 is 1.04 bits per heavy atom. The summed E-state index contributed by atoms with van der Waals surface area (Å²) in [6, 6.07) is 15.6. The van der Waals surface area contributed by atoms with Crippen LogP contribution in [0.1, 0.15) is 36.2 Å². The number of carbonyl (C=O) groups excluding carboxylic acids is 1. The van der Waals surface area contributed by atoms with Crippen LogP contribution in [0, 0.1) is 0 Å². The maximum absolute atomic E-state index is 12.7. The highest BCUT2D eigenvalue weighted by atomic mass is 16.5. The standard InChI is InChI=1S/C21H24N2O3/c24-20(19-8-4-7-18(23-19)16-5-2-1-3-6-16)22-17-9-12-26-21(15-17)10-13-25-14-11-21/h1-8,17H,9-15H2,(H,22,24)/t17-/m0/s1. The summed E-state index contributed by atoms with van der Waals surface area (Å²) in [4.78, 5) is 17.3. The van der Waals surface area contributed by atoms with E-state index in [0.717, 1.165) is 50.2 Å². The average Bonchev–Trinajstić information content (AvgIpc) is 2.69. The molecule has 3 heterocycles. The third-order valence-electron chi connectivity index (χ3n) is 5.28. The molecule has 0 aliphatic carbocycles. The smallest absolute Gasteiger partial charge is 0.270 e. The Balaban J connectivity index is 1.45. The van der Waals surface area contributed by atoms with Crippen LogP contribution in [-0.2, 0) is 9.47 Å². The van der Waals surface area contributed by atoms with Crippen molar-refractivity contribution in [2.75, 3.05) is 19.8 Å². The molecule has 2 aliphatic rings. The number of ether oxygens (including phenoxy) is 2. The first-order valence-corrected chi connectivity index (χ1v) is 9.29. The van der Waals surface area contributed by atoms with E-state index in [1.165, 1.54) is 0 Å². The van der Waals surface area contributed by atoms with E-state index in [2.05, 4.69) is 10.3 Å². The lowest BCUT2D eigenvalue weighted by Gasteiger charge is -2.43. The minimum Gasteiger partial charge on any atom is -0.381 e. The summed E-state index contributed by atoms with van der Waals surface area (Å²) in [5, 5.41) is 3.16. The van der Waals surface area contributed by atoms with Crippen molar-refractivity contribution >= 4 is 5.91 Å². The van der Waals surface area contributed by atoms with Gasteiger partial charge < -0.3 is 14.8 Å². The molecule has 1 amide bonds. The lowest BCUT2D eigenvalue weighted by Crippen LogP contribution is -2.51. The van der Waals surface area contributed by atoms with Crippen molar-refractivity contribution in [1.29, 1.82) is 0 Å². The Kier molecular flexibility index (Phi) is 5.00. The second-order valence-corrected chi connectivity index (χ2v) is 7.08. The number of amides is 1. The Hall–Kier alpha value is -2.24. The number of benzene rings is 1. The van der Waals surface area contributed by atoms with Gasteiger partial charge in [-0.2, -0.15) is 0 Å². The summed E-state index contributed by atoms with van der Waals surface area (Å²) in [7, 11) is 0. The van der Waals surface area contributed by atoms with Crippen molar-refractivity contribution in [1.82, 2.24) is 10.3 Å². The van der Waals surface area contributed by atoms with E-state index < -0.39 is 0 Å². The number of aromatic nitrogens is 1. The summed E-state index contributed by atoms with van der Waals surface area (Å²) in [5.41, 5.74) is 2.15. The molecule has 136 valence electrons. The van der Waals surface area contributed by atoms with Gasteiger partial charge in [0.2, 0.25) is 0 Å². The van der Waals surface area contributed by atoms with Crippen LogP contribution in [-0.4, -0.2) is 42.4 Å². The zero-order valence-corrected chi connectivity index (χ0v) is 14.8. The Labute approximate surface area is 153 Å². The second kappa shape index (κ2) is 7.56. The lowest BCUT2D eigenvalue weighted by molar-refractivity contribution is -0.139. The molecule has 5 nitrogen and oxygen atoms in total. The maximum atomic E-state index is 12.7. The third-order valence-corrected chi connectivity index (χ3v) is 5.28. The van der Waals surface area contributed by atoms with Crippen molar-refractivity contribution < 1.29 is 14.3 Å². The topological polar surface area (TPSA) is 60.5 Å². The molecule has 4 rings (SSSR count). The van der Waals surface area contributed by atoms with Crippen LogP contribution in [0.25, 0.3) is 11.3 Å². The van der Waals surface area contributed by atoms with Crippen LogP contribution in [0.3, 0.4) is 0 Å². The fraction of sp³-hybridized carbons (Fsp3) is 0.429. The van der Waals surface area contributed by atoms with E-state index in [0.29, 0.717) is 12.3 Å². The molecule has 1 atom stereocenters. The number of hydrogen-bond acceptors (Lipinski definition) is 4. The molecule has 2 aromatic rings. The molecule has 1 spiro atoms. The van der Waals surface area contributed by atoms with Gasteiger partial charge >= 0.3 is 0 Å². The van der Waals surface area contributed by atoms with Crippen molar-refractivity contribution in [2.45, 2.75) is 37.3 Å². The predicted molar refractivity (Wildman–Crippen MR) is 98.9 cm³/mol. The number of hydrogen-bond donors (Lipinski definition) is 1. The van der Waals surface area contributed by atoms with Gasteiger partial charge in [-0.05, 0) is 37.8 Å². The van der Waals surface area contributed by atoms with Gasteiger partial charge in [-0.25, -0.2) is 4.98 Å². The van der Waals surface area contributed by atoms with E-state index in [9.17, 15) is 4.79 Å². The molecule has 1 N–H and O–H groups in total. The average molecular weight is 352 g/mol. The van der Waals surface area contributed by atoms with Gasteiger partial charge in [0.1, 0.15) is 5.69 Å². The molecule has 1 aromatic carbocycles. The number of pyridine rings is 1. The summed E-state index contributed by atoms with van der Waals surface area (Å²) < 4.78 is 11.5. The van der Waals surface area contributed by atoms with Crippen LogP contribution >= 0.6 is 0 Å². The largest absolute Gasteiger partial charge is 0.381 e. The molecule has 5 heteroatoms. The van der Waals surface area contributed by atoms with Gasteiger partial charge in [-0.15, -0.1) is 0 Å². The van der Waals surface area contributed by atoms with Crippen LogP contribution in [0.5, 0.6) is 0 Å². The zero-order valence-electron chi connectivity index (χ0n) is 14.8. The van der Waals surface area contributed by atoms with Gasteiger partial charge in [-0.1, -0.05) is 36.4 Å². The molecular weight excluding hydrogens is 328 g/mol. The number of rotatable bonds is 3. The fourth-order valence-electron chi connectivity index (χ4n) is 3.83. The van der Waals surface area contributed by atoms with E-state index >= 15 is 0 Å². The van der Waals surface area contributed by atoms with Crippen molar-refractivity contribution in [3.8, 4) is 11.3 Å². The molecule has 0 radical (unpaired) electrons. The van der Waals surface area contributed by atoms with Gasteiger partial charge in [0.15, 0.2) is 0 Å². The van der Waals surface area contributed by atoms with E-state index in [1.54, 1.807) is 6.07 Å².